The minimum atomic E-state index is -0.0341. The van der Waals surface area contributed by atoms with Gasteiger partial charge in [0.1, 0.15) is 5.69 Å². The molecule has 4 N–H and O–H groups in total. The second-order valence-corrected chi connectivity index (χ2v) is 4.66. The van der Waals surface area contributed by atoms with E-state index in [1.54, 1.807) is 0 Å². The Labute approximate surface area is 127 Å². The number of hydrogen-bond acceptors (Lipinski definition) is 3. The first-order valence-electron chi connectivity index (χ1n) is 6.70. The van der Waals surface area contributed by atoms with E-state index in [0.29, 0.717) is 11.5 Å². The van der Waals surface area contributed by atoms with Crippen molar-refractivity contribution in [2.24, 2.45) is 15.7 Å². The summed E-state index contributed by atoms with van der Waals surface area (Å²) < 4.78 is 18.8. The number of ether oxygens (including phenoxy) is 1. The third-order valence-electron chi connectivity index (χ3n) is 3.01. The number of benzene rings is 1. The Bertz CT molecular complexity index is 643. The van der Waals surface area contributed by atoms with Gasteiger partial charge in [0.15, 0.2) is 5.82 Å². The zero-order valence-corrected chi connectivity index (χ0v) is 12.3. The molecule has 0 fully saturated rings. The van der Waals surface area contributed by atoms with Crippen LogP contribution in [0.15, 0.2) is 34.3 Å². The normalized spacial score (nSPS) is 11.8. The lowest BCUT2D eigenvalue weighted by atomic mass is 10.1. The van der Waals surface area contributed by atoms with E-state index in [-0.39, 0.29) is 24.1 Å². The van der Waals surface area contributed by atoms with Gasteiger partial charge in [-0.05, 0) is 24.9 Å². The smallest absolute Gasteiger partial charge is 0.221 e. The van der Waals surface area contributed by atoms with Crippen LogP contribution in [-0.2, 0) is 24.5 Å². The molecule has 0 unspecified atom stereocenters. The first-order chi connectivity index (χ1) is 10.6. The Kier molecular flexibility index (Phi) is 5.45. The summed E-state index contributed by atoms with van der Waals surface area (Å²) in [6, 6.07) is 8.00. The highest BCUT2D eigenvalue weighted by Crippen LogP contribution is 2.21. The molecule has 0 bridgehead atoms. The minimum absolute atomic E-state index is 0.0341. The standard InChI is InChI=1S/C14H19FN6O/c1-17-7-10-3-5-11(6-4-10)8-22-9-12-13(20-21(12)15)19-14(16)18-2/h3-6,17,20H,2,7-9H2,1H3,(H2,16,19). The highest BCUT2D eigenvalue weighted by atomic mass is 19.2. The van der Waals surface area contributed by atoms with E-state index in [4.69, 9.17) is 10.5 Å². The van der Waals surface area contributed by atoms with Gasteiger partial charge in [0.25, 0.3) is 0 Å². The maximum atomic E-state index is 13.3. The predicted octanol–water partition coefficient (Wildman–Crippen LogP) is 1.63. The van der Waals surface area contributed by atoms with Crippen LogP contribution in [0.1, 0.15) is 16.8 Å². The molecule has 0 aliphatic carbocycles. The number of halogens is 1. The summed E-state index contributed by atoms with van der Waals surface area (Å²) in [7, 11) is 1.90. The molecule has 1 aromatic heterocycles. The average Bonchev–Trinajstić information content (AvgIpc) is 2.52. The number of nitrogens with zero attached hydrogens (tertiary/aromatic N) is 3. The van der Waals surface area contributed by atoms with Gasteiger partial charge in [-0.25, -0.2) is 4.99 Å². The van der Waals surface area contributed by atoms with E-state index < -0.39 is 0 Å². The van der Waals surface area contributed by atoms with E-state index in [1.165, 1.54) is 5.56 Å². The predicted molar refractivity (Wildman–Crippen MR) is 83.8 cm³/mol. The van der Waals surface area contributed by atoms with Gasteiger partial charge in [0.2, 0.25) is 5.96 Å². The van der Waals surface area contributed by atoms with Crippen LogP contribution in [0.2, 0.25) is 0 Å². The Morgan fingerprint density at radius 3 is 2.64 bits per heavy atom. The molecular weight excluding hydrogens is 287 g/mol. The highest BCUT2D eigenvalue weighted by Gasteiger charge is 2.14. The minimum Gasteiger partial charge on any atom is -0.370 e. The quantitative estimate of drug-likeness (QED) is 0.536. The number of aromatic nitrogens is 2. The van der Waals surface area contributed by atoms with Gasteiger partial charge in [0, 0.05) is 6.54 Å². The molecule has 7 nitrogen and oxygen atoms in total. The highest BCUT2D eigenvalue weighted by molar-refractivity contribution is 5.84. The Hall–Kier alpha value is -2.45. The van der Waals surface area contributed by atoms with Crippen molar-refractivity contribution in [3.8, 4) is 0 Å². The number of H-pyrrole nitrogens is 1. The molecule has 0 amide bonds. The maximum absolute atomic E-state index is 13.3. The second kappa shape index (κ2) is 7.53. The van der Waals surface area contributed by atoms with Crippen LogP contribution in [-0.4, -0.2) is 29.7 Å². The lowest BCUT2D eigenvalue weighted by Crippen LogP contribution is -2.14. The van der Waals surface area contributed by atoms with Crippen LogP contribution < -0.4 is 11.1 Å². The van der Waals surface area contributed by atoms with Crippen molar-refractivity contribution >= 4 is 18.5 Å². The number of nitrogens with one attached hydrogen (secondary N) is 2. The first-order valence-corrected chi connectivity index (χ1v) is 6.70. The fourth-order valence-corrected chi connectivity index (χ4v) is 1.85. The molecule has 22 heavy (non-hydrogen) atoms. The average molecular weight is 306 g/mol. The van der Waals surface area contributed by atoms with E-state index >= 15 is 0 Å². The molecule has 1 heterocycles. The summed E-state index contributed by atoms with van der Waals surface area (Å²) in [6.07, 6.45) is 0. The summed E-state index contributed by atoms with van der Waals surface area (Å²) in [4.78, 5) is 7.63. The number of rotatable bonds is 7. The van der Waals surface area contributed by atoms with Crippen molar-refractivity contribution in [2.75, 3.05) is 7.05 Å². The van der Waals surface area contributed by atoms with Crippen LogP contribution in [0.3, 0.4) is 0 Å². The molecule has 0 aliphatic heterocycles. The zero-order valence-electron chi connectivity index (χ0n) is 12.3. The summed E-state index contributed by atoms with van der Waals surface area (Å²) in [5.74, 6) is 0.255. The van der Waals surface area contributed by atoms with Gasteiger partial charge in [0.05, 0.1) is 13.2 Å². The van der Waals surface area contributed by atoms with E-state index in [2.05, 4.69) is 27.1 Å². The molecule has 2 rings (SSSR count). The number of hydrogen-bond donors (Lipinski definition) is 3. The summed E-state index contributed by atoms with van der Waals surface area (Å²) >= 11 is 0. The van der Waals surface area contributed by atoms with Crippen LogP contribution >= 0.6 is 0 Å². The Balaban J connectivity index is 1.88. The SMILES string of the molecule is C=N/C(N)=N\c1[nH]n(F)c1COCc1ccc(CNC)cc1. The Morgan fingerprint density at radius 1 is 1.36 bits per heavy atom. The fraction of sp³-hybridized carbons (Fsp3) is 0.286. The molecule has 0 atom stereocenters. The molecule has 8 heteroatoms. The zero-order chi connectivity index (χ0) is 15.9. The Morgan fingerprint density at radius 2 is 2.05 bits per heavy atom. The van der Waals surface area contributed by atoms with Crippen molar-refractivity contribution < 1.29 is 9.22 Å². The maximum Gasteiger partial charge on any atom is 0.221 e. The van der Waals surface area contributed by atoms with Crippen LogP contribution in [0.5, 0.6) is 0 Å². The van der Waals surface area contributed by atoms with Crippen LogP contribution in [0.4, 0.5) is 10.3 Å². The van der Waals surface area contributed by atoms with E-state index in [1.807, 2.05) is 31.3 Å². The van der Waals surface area contributed by atoms with Gasteiger partial charge in [-0.1, -0.05) is 28.7 Å². The topological polar surface area (TPSA) is 92.7 Å². The van der Waals surface area contributed by atoms with Crippen LogP contribution in [0.25, 0.3) is 0 Å². The molecule has 0 saturated carbocycles. The molecule has 0 saturated heterocycles. The molecule has 0 aliphatic rings. The lowest BCUT2D eigenvalue weighted by Gasteiger charge is -2.14. The third kappa shape index (κ3) is 4.03. The van der Waals surface area contributed by atoms with Gasteiger partial charge < -0.3 is 15.8 Å². The molecule has 0 radical (unpaired) electrons. The van der Waals surface area contributed by atoms with Crippen molar-refractivity contribution in [3.05, 3.63) is 41.1 Å². The van der Waals surface area contributed by atoms with E-state index in [9.17, 15) is 4.48 Å². The van der Waals surface area contributed by atoms with Crippen molar-refractivity contribution in [2.45, 2.75) is 19.8 Å². The number of aliphatic imine (C=N–C) groups is 2. The van der Waals surface area contributed by atoms with Gasteiger partial charge in [-0.15, -0.1) is 4.90 Å². The largest absolute Gasteiger partial charge is 0.370 e. The number of aromatic amines is 1. The molecule has 1 aromatic carbocycles. The van der Waals surface area contributed by atoms with Gasteiger partial charge >= 0.3 is 0 Å². The second-order valence-electron chi connectivity index (χ2n) is 4.66. The number of guanidine groups is 1. The number of nitrogens with two attached hydrogens (primary N) is 1. The van der Waals surface area contributed by atoms with Crippen molar-refractivity contribution in [3.63, 3.8) is 0 Å². The first kappa shape index (κ1) is 15.9. The summed E-state index contributed by atoms with van der Waals surface area (Å²) in [5.41, 5.74) is 7.87. The summed E-state index contributed by atoms with van der Waals surface area (Å²) in [5, 5.41) is 5.41. The van der Waals surface area contributed by atoms with Crippen LogP contribution in [0, 0.1) is 0 Å². The lowest BCUT2D eigenvalue weighted by molar-refractivity contribution is 0.0877. The molecule has 0 spiro atoms. The van der Waals surface area contributed by atoms with Gasteiger partial charge in [-0.2, -0.15) is 4.99 Å². The van der Waals surface area contributed by atoms with Crippen molar-refractivity contribution in [1.82, 2.24) is 15.3 Å². The van der Waals surface area contributed by atoms with Gasteiger partial charge in [-0.3, -0.25) is 5.10 Å². The molecular formula is C14H19FN6O. The monoisotopic (exact) mass is 306 g/mol. The molecule has 2 aromatic rings. The fourth-order valence-electron chi connectivity index (χ4n) is 1.85. The third-order valence-corrected chi connectivity index (χ3v) is 3.01. The van der Waals surface area contributed by atoms with E-state index in [0.717, 1.165) is 12.1 Å². The molecule has 118 valence electrons. The summed E-state index contributed by atoms with van der Waals surface area (Å²) in [6.45, 7) is 4.51. The van der Waals surface area contributed by atoms with Crippen molar-refractivity contribution in [1.29, 1.82) is 0 Å².